The van der Waals surface area contributed by atoms with E-state index in [4.69, 9.17) is 0 Å². The Morgan fingerprint density at radius 3 is 2.56 bits per heavy atom. The minimum atomic E-state index is -0.273. The molecule has 0 radical (unpaired) electrons. The zero-order chi connectivity index (χ0) is 17.2. The lowest BCUT2D eigenvalue weighted by Crippen LogP contribution is -1.98. The van der Waals surface area contributed by atoms with E-state index in [9.17, 15) is 4.39 Å². The van der Waals surface area contributed by atoms with Gasteiger partial charge < -0.3 is 10.3 Å². The fourth-order valence-corrected chi connectivity index (χ4v) is 2.70. The molecule has 0 aliphatic carbocycles. The lowest BCUT2D eigenvalue weighted by molar-refractivity contribution is 0.628. The Bertz CT molecular complexity index is 1010. The van der Waals surface area contributed by atoms with E-state index in [1.54, 1.807) is 24.5 Å². The molecule has 5 nitrogen and oxygen atoms in total. The minimum Gasteiger partial charge on any atom is -0.346 e. The number of H-pyrrole nitrogens is 1. The van der Waals surface area contributed by atoms with Crippen LogP contribution in [0, 0.1) is 12.7 Å². The number of pyridine rings is 1. The van der Waals surface area contributed by atoms with Gasteiger partial charge >= 0.3 is 0 Å². The molecule has 6 heteroatoms. The zero-order valence-electron chi connectivity index (χ0n) is 13.6. The van der Waals surface area contributed by atoms with Gasteiger partial charge in [0, 0.05) is 42.3 Å². The van der Waals surface area contributed by atoms with E-state index in [0.29, 0.717) is 5.95 Å². The number of halogens is 1. The van der Waals surface area contributed by atoms with Gasteiger partial charge in [-0.25, -0.2) is 19.3 Å². The van der Waals surface area contributed by atoms with Crippen molar-refractivity contribution in [1.29, 1.82) is 0 Å². The normalized spacial score (nSPS) is 11.0. The molecule has 0 bridgehead atoms. The maximum Gasteiger partial charge on any atom is 0.227 e. The van der Waals surface area contributed by atoms with Crippen molar-refractivity contribution in [3.8, 4) is 0 Å². The van der Waals surface area contributed by atoms with Crippen LogP contribution in [0.25, 0.3) is 11.0 Å². The second kappa shape index (κ2) is 6.32. The molecular weight excluding hydrogens is 317 g/mol. The highest BCUT2D eigenvalue weighted by Crippen LogP contribution is 2.21. The van der Waals surface area contributed by atoms with E-state index in [-0.39, 0.29) is 5.82 Å². The lowest BCUT2D eigenvalue weighted by Gasteiger charge is -2.05. The maximum atomic E-state index is 12.9. The van der Waals surface area contributed by atoms with Crippen molar-refractivity contribution in [2.75, 3.05) is 5.32 Å². The molecule has 2 N–H and O–H groups in total. The van der Waals surface area contributed by atoms with Gasteiger partial charge in [-0.3, -0.25) is 0 Å². The summed E-state index contributed by atoms with van der Waals surface area (Å²) in [5.74, 6) is 0.206. The summed E-state index contributed by atoms with van der Waals surface area (Å²) in [7, 11) is 0. The van der Waals surface area contributed by atoms with Crippen molar-refractivity contribution >= 4 is 22.7 Å². The van der Waals surface area contributed by atoms with E-state index in [2.05, 4.69) is 31.3 Å². The summed E-state index contributed by atoms with van der Waals surface area (Å²) in [5.41, 5.74) is 4.92. The number of aromatic nitrogens is 4. The molecular formula is C19H16FN5. The van der Waals surface area contributed by atoms with Gasteiger partial charge in [0.1, 0.15) is 11.5 Å². The van der Waals surface area contributed by atoms with Gasteiger partial charge in [0.2, 0.25) is 5.95 Å². The van der Waals surface area contributed by atoms with E-state index in [1.165, 1.54) is 12.1 Å². The Balaban J connectivity index is 1.51. The smallest absolute Gasteiger partial charge is 0.227 e. The molecule has 3 aromatic heterocycles. The molecule has 0 amide bonds. The Kier molecular flexibility index (Phi) is 3.85. The molecule has 4 aromatic rings. The van der Waals surface area contributed by atoms with Crippen LogP contribution in [0.15, 0.2) is 55.1 Å². The van der Waals surface area contributed by atoms with Crippen molar-refractivity contribution in [1.82, 2.24) is 19.9 Å². The van der Waals surface area contributed by atoms with Crippen molar-refractivity contribution in [3.05, 3.63) is 77.6 Å². The summed E-state index contributed by atoms with van der Waals surface area (Å²) in [6, 6.07) is 8.20. The first-order valence-corrected chi connectivity index (χ1v) is 7.93. The molecule has 0 aliphatic rings. The summed E-state index contributed by atoms with van der Waals surface area (Å²) in [5, 5.41) is 4.17. The van der Waals surface area contributed by atoms with Crippen molar-refractivity contribution in [2.24, 2.45) is 0 Å². The summed E-state index contributed by atoms with van der Waals surface area (Å²) in [4.78, 5) is 16.2. The molecule has 0 fully saturated rings. The first kappa shape index (κ1) is 15.3. The number of benzene rings is 1. The number of fused-ring (bicyclic) bond motifs is 1. The number of anilines is 2. The van der Waals surface area contributed by atoms with E-state index < -0.39 is 0 Å². The Hall–Kier alpha value is -3.28. The van der Waals surface area contributed by atoms with Crippen LogP contribution in [0.2, 0.25) is 0 Å². The van der Waals surface area contributed by atoms with Crippen LogP contribution in [0.1, 0.15) is 16.7 Å². The van der Waals surface area contributed by atoms with E-state index in [1.807, 2.05) is 19.3 Å². The van der Waals surface area contributed by atoms with Crippen molar-refractivity contribution in [3.63, 3.8) is 0 Å². The summed E-state index contributed by atoms with van der Waals surface area (Å²) >= 11 is 0. The predicted molar refractivity (Wildman–Crippen MR) is 95.4 cm³/mol. The highest BCUT2D eigenvalue weighted by Gasteiger charge is 2.07. The van der Waals surface area contributed by atoms with Gasteiger partial charge in [0.05, 0.1) is 0 Å². The van der Waals surface area contributed by atoms with Crippen molar-refractivity contribution < 1.29 is 4.39 Å². The third-order valence-corrected chi connectivity index (χ3v) is 3.95. The number of rotatable bonds is 4. The van der Waals surface area contributed by atoms with Gasteiger partial charge in [0.25, 0.3) is 0 Å². The molecule has 3 heterocycles. The van der Waals surface area contributed by atoms with E-state index >= 15 is 0 Å². The largest absolute Gasteiger partial charge is 0.346 e. The number of hydrogen-bond donors (Lipinski definition) is 2. The maximum absolute atomic E-state index is 12.9. The Labute approximate surface area is 144 Å². The van der Waals surface area contributed by atoms with Crippen LogP contribution in [0.5, 0.6) is 0 Å². The first-order chi connectivity index (χ1) is 12.2. The summed E-state index contributed by atoms with van der Waals surface area (Å²) < 4.78 is 12.9. The van der Waals surface area contributed by atoms with Gasteiger partial charge in [-0.2, -0.15) is 0 Å². The fraction of sp³-hybridized carbons (Fsp3) is 0.105. The van der Waals surface area contributed by atoms with Crippen LogP contribution in [-0.4, -0.2) is 19.9 Å². The number of aromatic amines is 1. The number of hydrogen-bond acceptors (Lipinski definition) is 4. The first-order valence-electron chi connectivity index (χ1n) is 7.93. The number of aryl methyl sites for hydroxylation is 1. The van der Waals surface area contributed by atoms with Gasteiger partial charge in [-0.05, 0) is 53.9 Å². The molecule has 0 spiro atoms. The molecule has 25 heavy (non-hydrogen) atoms. The van der Waals surface area contributed by atoms with Crippen LogP contribution < -0.4 is 5.32 Å². The quantitative estimate of drug-likeness (QED) is 0.589. The fourth-order valence-electron chi connectivity index (χ4n) is 2.70. The standard InChI is InChI=1S/C19H16FN5/c1-12-6-17-14(11-22-18(17)21-8-12)7-13-9-23-19(24-10-13)25-16-4-2-15(20)3-5-16/h2-6,8-11H,7H2,1H3,(H,21,22)(H,23,24,25). The molecule has 0 atom stereocenters. The van der Waals surface area contributed by atoms with Crippen LogP contribution in [0.3, 0.4) is 0 Å². The minimum absolute atomic E-state index is 0.273. The van der Waals surface area contributed by atoms with Gasteiger partial charge in [-0.15, -0.1) is 0 Å². The third kappa shape index (κ3) is 3.33. The second-order valence-corrected chi connectivity index (χ2v) is 5.95. The highest BCUT2D eigenvalue weighted by atomic mass is 19.1. The Morgan fingerprint density at radius 2 is 1.80 bits per heavy atom. The number of nitrogens with one attached hydrogen (secondary N) is 2. The van der Waals surface area contributed by atoms with Crippen LogP contribution >= 0.6 is 0 Å². The summed E-state index contributed by atoms with van der Waals surface area (Å²) in [6.07, 6.45) is 8.13. The van der Waals surface area contributed by atoms with Crippen LogP contribution in [-0.2, 0) is 6.42 Å². The molecule has 124 valence electrons. The molecule has 4 rings (SSSR count). The molecule has 0 aliphatic heterocycles. The third-order valence-electron chi connectivity index (χ3n) is 3.95. The predicted octanol–water partition coefficient (Wildman–Crippen LogP) is 4.13. The average molecular weight is 333 g/mol. The monoisotopic (exact) mass is 333 g/mol. The van der Waals surface area contributed by atoms with E-state index in [0.717, 1.165) is 39.8 Å². The second-order valence-electron chi connectivity index (χ2n) is 5.95. The Morgan fingerprint density at radius 1 is 1.04 bits per heavy atom. The zero-order valence-corrected chi connectivity index (χ0v) is 13.6. The molecule has 1 aromatic carbocycles. The topological polar surface area (TPSA) is 66.5 Å². The molecule has 0 saturated carbocycles. The SMILES string of the molecule is Cc1cnc2[nH]cc(Cc3cnc(Nc4ccc(F)cc4)nc3)c2c1. The lowest BCUT2D eigenvalue weighted by atomic mass is 10.1. The average Bonchev–Trinajstić information content (AvgIpc) is 3.01. The number of nitrogens with zero attached hydrogens (tertiary/aromatic N) is 3. The van der Waals surface area contributed by atoms with Crippen molar-refractivity contribution in [2.45, 2.75) is 13.3 Å². The summed E-state index contributed by atoms with van der Waals surface area (Å²) in [6.45, 7) is 2.03. The molecule has 0 unspecified atom stereocenters. The van der Waals surface area contributed by atoms with Crippen LogP contribution in [0.4, 0.5) is 16.0 Å². The molecule has 0 saturated heterocycles. The van der Waals surface area contributed by atoms with Gasteiger partial charge in [-0.1, -0.05) is 0 Å². The van der Waals surface area contributed by atoms with Gasteiger partial charge in [0.15, 0.2) is 0 Å². The highest BCUT2D eigenvalue weighted by molar-refractivity contribution is 5.80.